The van der Waals surface area contributed by atoms with Gasteiger partial charge in [0, 0.05) is 30.0 Å². The van der Waals surface area contributed by atoms with Crippen molar-refractivity contribution in [3.63, 3.8) is 0 Å². The van der Waals surface area contributed by atoms with E-state index in [1.807, 2.05) is 12.1 Å². The van der Waals surface area contributed by atoms with Crippen LogP contribution in [0.15, 0.2) is 83.8 Å². The van der Waals surface area contributed by atoms with Crippen LogP contribution in [0.2, 0.25) is 0 Å². The molecule has 3 aromatic carbocycles. The van der Waals surface area contributed by atoms with Crippen molar-refractivity contribution < 1.29 is 18.0 Å². The van der Waals surface area contributed by atoms with Crippen molar-refractivity contribution >= 4 is 33.2 Å². The van der Waals surface area contributed by atoms with Gasteiger partial charge in [-0.25, -0.2) is 8.42 Å². The lowest BCUT2D eigenvalue weighted by molar-refractivity contribution is -0.120. The summed E-state index contributed by atoms with van der Waals surface area (Å²) < 4.78 is 27.4. The molecule has 1 atom stereocenters. The molecule has 194 valence electrons. The van der Waals surface area contributed by atoms with Crippen LogP contribution in [0, 0.1) is 5.92 Å². The van der Waals surface area contributed by atoms with E-state index in [-0.39, 0.29) is 28.7 Å². The van der Waals surface area contributed by atoms with Crippen molar-refractivity contribution in [3.8, 4) is 0 Å². The second kappa shape index (κ2) is 10.9. The molecular formula is C29H33N3O4S. The summed E-state index contributed by atoms with van der Waals surface area (Å²) in [5.74, 6) is -0.945. The zero-order valence-electron chi connectivity index (χ0n) is 21.4. The Morgan fingerprint density at radius 3 is 2.16 bits per heavy atom. The lowest BCUT2D eigenvalue weighted by atomic mass is 9.87. The standard InChI is InChI=1S/C29H33N3O4S/c1-29(2,3)23-16-14-21(15-17-23)27(33)30-24-10-7-11-25(19-24)31-28(34)22-9-8-18-32(20-22)37(35,36)26-12-5-4-6-13-26/h4-7,10-17,19,22H,8-9,18,20H2,1-3H3,(H,30,33)(H,31,34). The van der Waals surface area contributed by atoms with E-state index in [0.29, 0.717) is 36.3 Å². The van der Waals surface area contributed by atoms with Crippen molar-refractivity contribution in [2.24, 2.45) is 5.92 Å². The van der Waals surface area contributed by atoms with Crippen molar-refractivity contribution in [1.82, 2.24) is 4.31 Å². The van der Waals surface area contributed by atoms with Gasteiger partial charge in [0.1, 0.15) is 0 Å². The number of hydrogen-bond donors (Lipinski definition) is 2. The van der Waals surface area contributed by atoms with E-state index in [1.54, 1.807) is 66.7 Å². The monoisotopic (exact) mass is 519 g/mol. The predicted octanol–water partition coefficient (Wildman–Crippen LogP) is 5.28. The molecule has 0 radical (unpaired) electrons. The van der Waals surface area contributed by atoms with Gasteiger partial charge < -0.3 is 10.6 Å². The fourth-order valence-electron chi connectivity index (χ4n) is 4.36. The molecule has 1 unspecified atom stereocenters. The predicted molar refractivity (Wildman–Crippen MR) is 146 cm³/mol. The zero-order chi connectivity index (χ0) is 26.6. The largest absolute Gasteiger partial charge is 0.326 e. The number of nitrogens with zero attached hydrogens (tertiary/aromatic N) is 1. The SMILES string of the molecule is CC(C)(C)c1ccc(C(=O)Nc2cccc(NC(=O)C3CCCN(S(=O)(=O)c4ccccc4)C3)c2)cc1. The van der Waals surface area contributed by atoms with Crippen LogP contribution < -0.4 is 10.6 Å². The Kier molecular flexibility index (Phi) is 7.80. The summed E-state index contributed by atoms with van der Waals surface area (Å²) in [6.45, 7) is 6.88. The first kappa shape index (κ1) is 26.6. The van der Waals surface area contributed by atoms with E-state index in [4.69, 9.17) is 0 Å². The summed E-state index contributed by atoms with van der Waals surface area (Å²) in [4.78, 5) is 26.0. The third-order valence-corrected chi connectivity index (χ3v) is 8.42. The highest BCUT2D eigenvalue weighted by Crippen LogP contribution is 2.26. The molecule has 0 saturated carbocycles. The number of benzene rings is 3. The Balaban J connectivity index is 1.39. The Bertz CT molecular complexity index is 1360. The minimum Gasteiger partial charge on any atom is -0.326 e. The molecule has 8 heteroatoms. The van der Waals surface area contributed by atoms with Gasteiger partial charge in [0.25, 0.3) is 5.91 Å². The van der Waals surface area contributed by atoms with Gasteiger partial charge in [-0.2, -0.15) is 4.31 Å². The summed E-state index contributed by atoms with van der Waals surface area (Å²) in [7, 11) is -3.65. The minimum atomic E-state index is -3.65. The molecule has 1 fully saturated rings. The van der Waals surface area contributed by atoms with Crippen LogP contribution >= 0.6 is 0 Å². The topological polar surface area (TPSA) is 95.6 Å². The van der Waals surface area contributed by atoms with Crippen LogP contribution in [0.4, 0.5) is 11.4 Å². The maximum atomic E-state index is 13.0. The van der Waals surface area contributed by atoms with E-state index >= 15 is 0 Å². The Hall–Kier alpha value is -3.49. The molecule has 0 bridgehead atoms. The molecule has 1 saturated heterocycles. The highest BCUT2D eigenvalue weighted by atomic mass is 32.2. The van der Waals surface area contributed by atoms with E-state index in [2.05, 4.69) is 31.4 Å². The van der Waals surface area contributed by atoms with Crippen LogP contribution in [0.25, 0.3) is 0 Å². The van der Waals surface area contributed by atoms with Crippen molar-refractivity contribution in [1.29, 1.82) is 0 Å². The van der Waals surface area contributed by atoms with E-state index in [9.17, 15) is 18.0 Å². The molecule has 0 spiro atoms. The van der Waals surface area contributed by atoms with Crippen LogP contribution in [0.3, 0.4) is 0 Å². The molecule has 37 heavy (non-hydrogen) atoms. The van der Waals surface area contributed by atoms with E-state index in [1.165, 1.54) is 4.31 Å². The Morgan fingerprint density at radius 2 is 1.51 bits per heavy atom. The summed E-state index contributed by atoms with van der Waals surface area (Å²) in [5.41, 5.74) is 2.78. The molecule has 0 aliphatic carbocycles. The minimum absolute atomic E-state index is 0.00262. The number of sulfonamides is 1. The second-order valence-corrected chi connectivity index (χ2v) is 12.3. The first-order valence-electron chi connectivity index (χ1n) is 12.4. The van der Waals surface area contributed by atoms with Gasteiger partial charge in [-0.15, -0.1) is 0 Å². The number of nitrogens with one attached hydrogen (secondary N) is 2. The van der Waals surface area contributed by atoms with Crippen molar-refractivity contribution in [3.05, 3.63) is 90.0 Å². The molecule has 4 rings (SSSR count). The molecule has 1 aliphatic heterocycles. The summed E-state index contributed by atoms with van der Waals surface area (Å²) in [6, 6.07) is 22.7. The molecule has 7 nitrogen and oxygen atoms in total. The molecule has 2 amide bonds. The molecule has 0 aromatic heterocycles. The molecule has 2 N–H and O–H groups in total. The number of piperidine rings is 1. The van der Waals surface area contributed by atoms with Gasteiger partial charge in [0.05, 0.1) is 10.8 Å². The number of hydrogen-bond acceptors (Lipinski definition) is 4. The Labute approximate surface area is 218 Å². The normalized spacial score (nSPS) is 16.7. The number of anilines is 2. The number of rotatable bonds is 6. The maximum absolute atomic E-state index is 13.0. The molecule has 3 aromatic rings. The van der Waals surface area contributed by atoms with Crippen LogP contribution in [-0.4, -0.2) is 37.6 Å². The quantitative estimate of drug-likeness (QED) is 0.463. The van der Waals surface area contributed by atoms with Gasteiger partial charge in [-0.1, -0.05) is 57.2 Å². The zero-order valence-corrected chi connectivity index (χ0v) is 22.2. The fraction of sp³-hybridized carbons (Fsp3) is 0.310. The number of amides is 2. The third kappa shape index (κ3) is 6.45. The first-order valence-corrected chi connectivity index (χ1v) is 13.9. The first-order chi connectivity index (χ1) is 17.5. The van der Waals surface area contributed by atoms with Crippen molar-refractivity contribution in [2.75, 3.05) is 23.7 Å². The third-order valence-electron chi connectivity index (χ3n) is 6.54. The second-order valence-electron chi connectivity index (χ2n) is 10.4. The number of carbonyl (C=O) groups is 2. The van der Waals surface area contributed by atoms with Gasteiger partial charge in [-0.05, 0) is 66.3 Å². The molecule has 1 aliphatic rings. The Morgan fingerprint density at radius 1 is 0.865 bits per heavy atom. The molecular weight excluding hydrogens is 486 g/mol. The smallest absolute Gasteiger partial charge is 0.255 e. The van der Waals surface area contributed by atoms with E-state index < -0.39 is 15.9 Å². The lowest BCUT2D eigenvalue weighted by Crippen LogP contribution is -2.43. The van der Waals surface area contributed by atoms with Crippen LogP contribution in [-0.2, 0) is 20.2 Å². The van der Waals surface area contributed by atoms with Gasteiger partial charge in [0.2, 0.25) is 15.9 Å². The highest BCUT2D eigenvalue weighted by Gasteiger charge is 2.33. The highest BCUT2D eigenvalue weighted by molar-refractivity contribution is 7.89. The lowest BCUT2D eigenvalue weighted by Gasteiger charge is -2.31. The van der Waals surface area contributed by atoms with Gasteiger partial charge in [-0.3, -0.25) is 9.59 Å². The van der Waals surface area contributed by atoms with Crippen molar-refractivity contribution in [2.45, 2.75) is 43.9 Å². The average Bonchev–Trinajstić information content (AvgIpc) is 2.89. The molecule has 1 heterocycles. The van der Waals surface area contributed by atoms with Gasteiger partial charge in [0.15, 0.2) is 0 Å². The van der Waals surface area contributed by atoms with Crippen LogP contribution in [0.5, 0.6) is 0 Å². The fourth-order valence-corrected chi connectivity index (χ4v) is 5.91. The summed E-state index contributed by atoms with van der Waals surface area (Å²) >= 11 is 0. The summed E-state index contributed by atoms with van der Waals surface area (Å²) in [6.07, 6.45) is 1.21. The summed E-state index contributed by atoms with van der Waals surface area (Å²) in [5, 5.41) is 5.77. The average molecular weight is 520 g/mol. The van der Waals surface area contributed by atoms with Crippen LogP contribution in [0.1, 0.15) is 49.5 Å². The van der Waals surface area contributed by atoms with E-state index in [0.717, 1.165) is 5.56 Å². The van der Waals surface area contributed by atoms with Gasteiger partial charge >= 0.3 is 0 Å². The number of carbonyl (C=O) groups excluding carboxylic acids is 2. The maximum Gasteiger partial charge on any atom is 0.255 e.